The van der Waals surface area contributed by atoms with Crippen LogP contribution in [0.15, 0.2) is 60.2 Å². The fraction of sp³-hybridized carbons (Fsp3) is 0.304. The Labute approximate surface area is 175 Å². The van der Waals surface area contributed by atoms with Crippen LogP contribution in [0.3, 0.4) is 0 Å². The van der Waals surface area contributed by atoms with E-state index in [9.17, 15) is 14.7 Å². The number of methoxy groups -OCH3 is 1. The minimum atomic E-state index is -0.457. The molecule has 2 aromatic carbocycles. The van der Waals surface area contributed by atoms with Crippen LogP contribution in [0.25, 0.3) is 0 Å². The van der Waals surface area contributed by atoms with Gasteiger partial charge in [0.05, 0.1) is 26.7 Å². The van der Waals surface area contributed by atoms with Crippen molar-refractivity contribution in [2.45, 2.75) is 20.0 Å². The summed E-state index contributed by atoms with van der Waals surface area (Å²) in [6.45, 7) is 2.05. The van der Waals surface area contributed by atoms with Gasteiger partial charge in [0.1, 0.15) is 13.2 Å². The molecule has 0 heterocycles. The Kier molecular flexibility index (Phi) is 9.40. The predicted octanol–water partition coefficient (Wildman–Crippen LogP) is 3.19. The van der Waals surface area contributed by atoms with Crippen LogP contribution < -0.4 is 4.74 Å². The van der Waals surface area contributed by atoms with E-state index >= 15 is 0 Å². The maximum atomic E-state index is 12.2. The molecule has 30 heavy (non-hydrogen) atoms. The normalized spacial score (nSPS) is 11.1. The van der Waals surface area contributed by atoms with Gasteiger partial charge in [0.2, 0.25) is 0 Å². The number of aromatic hydroxyl groups is 1. The summed E-state index contributed by atoms with van der Waals surface area (Å²) in [6, 6.07) is 14.4. The molecule has 0 saturated heterocycles. The molecule has 7 heteroatoms. The van der Waals surface area contributed by atoms with Crippen LogP contribution in [0.5, 0.6) is 11.5 Å². The van der Waals surface area contributed by atoms with E-state index in [1.165, 1.54) is 20.1 Å². The Morgan fingerprint density at radius 1 is 1.00 bits per heavy atom. The van der Waals surface area contributed by atoms with E-state index in [-0.39, 0.29) is 37.7 Å². The van der Waals surface area contributed by atoms with E-state index < -0.39 is 11.9 Å². The number of esters is 2. The summed E-state index contributed by atoms with van der Waals surface area (Å²) in [6.07, 6.45) is 1.75. The van der Waals surface area contributed by atoms with Crippen molar-refractivity contribution in [2.24, 2.45) is 0 Å². The number of carbonyl (C=O) groups excluding carboxylic acids is 2. The molecule has 0 aliphatic heterocycles. The fourth-order valence-electron chi connectivity index (χ4n) is 2.50. The number of rotatable bonds is 11. The molecule has 0 spiro atoms. The van der Waals surface area contributed by atoms with Crippen molar-refractivity contribution in [2.75, 3.05) is 26.9 Å². The van der Waals surface area contributed by atoms with Crippen molar-refractivity contribution in [3.8, 4) is 11.5 Å². The van der Waals surface area contributed by atoms with E-state index in [1.54, 1.807) is 18.2 Å². The molecule has 0 bridgehead atoms. The number of hydrogen-bond acceptors (Lipinski definition) is 7. The summed E-state index contributed by atoms with van der Waals surface area (Å²) < 4.78 is 21.0. The fourth-order valence-corrected chi connectivity index (χ4v) is 2.50. The second kappa shape index (κ2) is 12.3. The van der Waals surface area contributed by atoms with Crippen molar-refractivity contribution in [1.29, 1.82) is 0 Å². The van der Waals surface area contributed by atoms with Gasteiger partial charge in [-0.05, 0) is 23.3 Å². The number of carbonyl (C=O) groups is 2. The zero-order valence-electron chi connectivity index (χ0n) is 17.1. The van der Waals surface area contributed by atoms with E-state index in [0.717, 1.165) is 5.56 Å². The summed E-state index contributed by atoms with van der Waals surface area (Å²) in [5.74, 6) is -0.599. The quantitative estimate of drug-likeness (QED) is 0.343. The SMILES string of the molecule is COc1cc(CC(=O)OC/C(=C/COCc2ccccc2)COC(C)=O)ccc1O. The molecule has 0 radical (unpaired) electrons. The van der Waals surface area contributed by atoms with Crippen LogP contribution in [0, 0.1) is 0 Å². The number of hydrogen-bond donors (Lipinski definition) is 1. The van der Waals surface area contributed by atoms with Gasteiger partial charge in [0.15, 0.2) is 11.5 Å². The van der Waals surface area contributed by atoms with Crippen molar-refractivity contribution in [1.82, 2.24) is 0 Å². The number of benzene rings is 2. The molecule has 0 atom stereocenters. The highest BCUT2D eigenvalue weighted by molar-refractivity contribution is 5.73. The summed E-state index contributed by atoms with van der Waals surface area (Å²) in [7, 11) is 1.43. The molecule has 0 aliphatic rings. The number of phenolic OH excluding ortho intramolecular Hbond substituents is 1. The van der Waals surface area contributed by atoms with Gasteiger partial charge in [-0.1, -0.05) is 42.5 Å². The summed E-state index contributed by atoms with van der Waals surface area (Å²) in [5, 5.41) is 9.62. The predicted molar refractivity (Wildman–Crippen MR) is 110 cm³/mol. The second-order valence-corrected chi connectivity index (χ2v) is 6.49. The molecule has 160 valence electrons. The third kappa shape index (κ3) is 8.36. The zero-order valence-corrected chi connectivity index (χ0v) is 17.1. The smallest absolute Gasteiger partial charge is 0.310 e. The first-order chi connectivity index (χ1) is 14.5. The van der Waals surface area contributed by atoms with Crippen molar-refractivity contribution in [3.05, 3.63) is 71.3 Å². The molecule has 0 fully saturated rings. The lowest BCUT2D eigenvalue weighted by Crippen LogP contribution is -2.14. The van der Waals surface area contributed by atoms with Crippen molar-refractivity contribution >= 4 is 11.9 Å². The largest absolute Gasteiger partial charge is 0.504 e. The monoisotopic (exact) mass is 414 g/mol. The lowest BCUT2D eigenvalue weighted by Gasteiger charge is -2.11. The van der Waals surface area contributed by atoms with Crippen LogP contribution in [0.4, 0.5) is 0 Å². The van der Waals surface area contributed by atoms with Crippen LogP contribution in [0.1, 0.15) is 18.1 Å². The Morgan fingerprint density at radius 3 is 2.43 bits per heavy atom. The molecule has 1 N–H and O–H groups in total. The molecule has 2 rings (SSSR count). The average molecular weight is 414 g/mol. The van der Waals surface area contributed by atoms with Gasteiger partial charge >= 0.3 is 11.9 Å². The molecule has 0 amide bonds. The van der Waals surface area contributed by atoms with Crippen LogP contribution in [-0.4, -0.2) is 44.0 Å². The number of ether oxygens (including phenoxy) is 4. The molecule has 0 unspecified atom stereocenters. The van der Waals surface area contributed by atoms with Crippen LogP contribution in [-0.2, 0) is 36.8 Å². The average Bonchev–Trinajstić information content (AvgIpc) is 2.74. The second-order valence-electron chi connectivity index (χ2n) is 6.49. The highest BCUT2D eigenvalue weighted by Crippen LogP contribution is 2.26. The lowest BCUT2D eigenvalue weighted by molar-refractivity contribution is -0.142. The van der Waals surface area contributed by atoms with Crippen molar-refractivity contribution < 1.29 is 33.6 Å². The summed E-state index contributed by atoms with van der Waals surface area (Å²) in [4.78, 5) is 23.3. The minimum absolute atomic E-state index is 0.00304. The molecule has 0 aliphatic carbocycles. The first-order valence-electron chi connectivity index (χ1n) is 9.42. The molecular formula is C23H26O7. The van der Waals surface area contributed by atoms with E-state index in [0.29, 0.717) is 17.7 Å². The van der Waals surface area contributed by atoms with Gasteiger partial charge in [0.25, 0.3) is 0 Å². The molecular weight excluding hydrogens is 388 g/mol. The number of phenols is 1. The van der Waals surface area contributed by atoms with E-state index in [4.69, 9.17) is 18.9 Å². The summed E-state index contributed by atoms with van der Waals surface area (Å²) in [5.41, 5.74) is 2.31. The van der Waals surface area contributed by atoms with Gasteiger partial charge in [-0.2, -0.15) is 0 Å². The van der Waals surface area contributed by atoms with Crippen molar-refractivity contribution in [3.63, 3.8) is 0 Å². The van der Waals surface area contributed by atoms with Crippen LogP contribution in [0.2, 0.25) is 0 Å². The van der Waals surface area contributed by atoms with Gasteiger partial charge in [-0.25, -0.2) is 0 Å². The first-order valence-corrected chi connectivity index (χ1v) is 9.42. The highest BCUT2D eigenvalue weighted by atomic mass is 16.5. The van der Waals surface area contributed by atoms with E-state index in [1.807, 2.05) is 30.3 Å². The Hall–Kier alpha value is -3.32. The maximum Gasteiger partial charge on any atom is 0.310 e. The topological polar surface area (TPSA) is 91.3 Å². The maximum absolute atomic E-state index is 12.2. The first kappa shape index (κ1) is 23.0. The molecule has 2 aromatic rings. The van der Waals surface area contributed by atoms with Gasteiger partial charge in [0, 0.05) is 12.5 Å². The zero-order chi connectivity index (χ0) is 21.8. The molecule has 0 aromatic heterocycles. The Bertz CT molecular complexity index is 859. The Morgan fingerprint density at radius 2 is 1.73 bits per heavy atom. The third-order valence-corrected chi connectivity index (χ3v) is 4.07. The molecule has 0 saturated carbocycles. The van der Waals surface area contributed by atoms with Gasteiger partial charge in [-0.3, -0.25) is 9.59 Å². The van der Waals surface area contributed by atoms with Gasteiger partial charge in [-0.15, -0.1) is 0 Å². The lowest BCUT2D eigenvalue weighted by atomic mass is 10.1. The molecule has 7 nitrogen and oxygen atoms in total. The van der Waals surface area contributed by atoms with Gasteiger partial charge < -0.3 is 24.1 Å². The Balaban J connectivity index is 1.86. The van der Waals surface area contributed by atoms with E-state index in [2.05, 4.69) is 0 Å². The standard InChI is InChI=1S/C23H26O7/c1-17(24)29-15-20(10-11-28-14-18-6-4-3-5-7-18)16-30-23(26)13-19-8-9-21(25)22(12-19)27-2/h3-10,12,25H,11,13-16H2,1-2H3/b20-10+. The third-order valence-electron chi connectivity index (χ3n) is 4.07. The minimum Gasteiger partial charge on any atom is -0.504 e. The van der Waals surface area contributed by atoms with Crippen LogP contribution >= 0.6 is 0 Å². The summed E-state index contributed by atoms with van der Waals surface area (Å²) >= 11 is 0. The highest BCUT2D eigenvalue weighted by Gasteiger charge is 2.10.